The minimum atomic E-state index is -0.106. The fourth-order valence-electron chi connectivity index (χ4n) is 3.09. The molecule has 30 heavy (non-hydrogen) atoms. The number of hydrogen-bond acceptors (Lipinski definition) is 5. The minimum Gasteiger partial charge on any atom is -0.357 e. The Hall–Kier alpha value is -3.34. The molecule has 1 amide bonds. The first kappa shape index (κ1) is 20.0. The third kappa shape index (κ3) is 4.98. The number of aromatic nitrogens is 2. The number of nitrogens with one attached hydrogen (secondary N) is 1. The summed E-state index contributed by atoms with van der Waals surface area (Å²) in [4.78, 5) is 17.3. The van der Waals surface area contributed by atoms with Crippen LogP contribution in [0.4, 0.5) is 11.5 Å². The van der Waals surface area contributed by atoms with Crippen LogP contribution in [-0.2, 0) is 17.9 Å². The van der Waals surface area contributed by atoms with Crippen LogP contribution in [0.5, 0.6) is 0 Å². The largest absolute Gasteiger partial charge is 0.357 e. The van der Waals surface area contributed by atoms with Crippen molar-refractivity contribution in [2.75, 3.05) is 16.8 Å². The number of carbonyl (C=O) groups is 1. The molecule has 0 atom stereocenters. The van der Waals surface area contributed by atoms with E-state index in [4.69, 9.17) is 6.42 Å². The number of hydrogen-bond donors (Lipinski definition) is 1. The van der Waals surface area contributed by atoms with Gasteiger partial charge in [0.1, 0.15) is 5.82 Å². The molecule has 0 bridgehead atoms. The average molecular weight is 433 g/mol. The Labute approximate surface area is 183 Å². The Morgan fingerprint density at radius 2 is 1.90 bits per heavy atom. The summed E-state index contributed by atoms with van der Waals surface area (Å²) in [6.45, 7) is 1.47. The van der Waals surface area contributed by atoms with Gasteiger partial charge >= 0.3 is 0 Å². The summed E-state index contributed by atoms with van der Waals surface area (Å²) in [5.41, 5.74) is 1.71. The maximum atomic E-state index is 12.9. The topological polar surface area (TPSA) is 50.2 Å². The van der Waals surface area contributed by atoms with Gasteiger partial charge in [0.05, 0.1) is 25.8 Å². The van der Waals surface area contributed by atoms with Crippen molar-refractivity contribution >= 4 is 40.1 Å². The van der Waals surface area contributed by atoms with Crippen molar-refractivity contribution in [3.8, 4) is 12.3 Å². The zero-order valence-corrected chi connectivity index (χ0v) is 17.8. The SMILES string of the molecule is C#Cc1cccc(N(CC(=O)Nc2ccnn2Cc2cccs2)Cc2cccs2)c1. The summed E-state index contributed by atoms with van der Waals surface area (Å²) in [7, 11) is 0. The average Bonchev–Trinajstić information content (AvgIpc) is 3.52. The van der Waals surface area contributed by atoms with Gasteiger partial charge in [-0.15, -0.1) is 29.1 Å². The summed E-state index contributed by atoms with van der Waals surface area (Å²) in [6, 6.07) is 17.7. The van der Waals surface area contributed by atoms with Gasteiger partial charge in [0.25, 0.3) is 0 Å². The molecule has 7 heteroatoms. The second kappa shape index (κ2) is 9.44. The molecule has 0 fully saturated rings. The number of nitrogens with zero attached hydrogens (tertiary/aromatic N) is 3. The van der Waals surface area contributed by atoms with E-state index in [0.717, 1.165) is 11.3 Å². The Bertz CT molecular complexity index is 1140. The zero-order valence-electron chi connectivity index (χ0n) is 16.2. The van der Waals surface area contributed by atoms with Crippen LogP contribution in [0.25, 0.3) is 0 Å². The Morgan fingerprint density at radius 3 is 2.63 bits per heavy atom. The Kier molecular flexibility index (Phi) is 6.28. The van der Waals surface area contributed by atoms with Crippen LogP contribution < -0.4 is 10.2 Å². The lowest BCUT2D eigenvalue weighted by molar-refractivity contribution is -0.115. The van der Waals surface area contributed by atoms with Crippen molar-refractivity contribution in [2.45, 2.75) is 13.1 Å². The lowest BCUT2D eigenvalue weighted by Gasteiger charge is -2.24. The van der Waals surface area contributed by atoms with Gasteiger partial charge in [-0.2, -0.15) is 5.10 Å². The van der Waals surface area contributed by atoms with Gasteiger partial charge in [-0.05, 0) is 41.1 Å². The lowest BCUT2D eigenvalue weighted by Crippen LogP contribution is -2.33. The summed E-state index contributed by atoms with van der Waals surface area (Å²) < 4.78 is 1.80. The number of rotatable bonds is 8. The van der Waals surface area contributed by atoms with Gasteiger partial charge in [-0.1, -0.05) is 24.1 Å². The van der Waals surface area contributed by atoms with Crippen molar-refractivity contribution in [1.82, 2.24) is 9.78 Å². The van der Waals surface area contributed by atoms with Crippen LogP contribution in [0.1, 0.15) is 15.3 Å². The van der Waals surface area contributed by atoms with E-state index >= 15 is 0 Å². The van der Waals surface area contributed by atoms with E-state index in [1.54, 1.807) is 33.6 Å². The number of carbonyl (C=O) groups excluding carboxylic acids is 1. The van der Waals surface area contributed by atoms with Crippen molar-refractivity contribution in [2.24, 2.45) is 0 Å². The fourth-order valence-corrected chi connectivity index (χ4v) is 4.50. The number of amides is 1. The molecule has 0 aliphatic heterocycles. The molecule has 0 aliphatic rings. The standard InChI is InChI=1S/C23H20N4OS2/c1-2-18-6-3-7-19(14-18)26(15-20-8-4-12-29-20)17-23(28)25-22-10-11-24-27(22)16-21-9-5-13-30-21/h1,3-14H,15-17H2,(H,25,28). The van der Waals surface area contributed by atoms with E-state index in [9.17, 15) is 4.79 Å². The smallest absolute Gasteiger partial charge is 0.245 e. The van der Waals surface area contributed by atoms with E-state index in [2.05, 4.69) is 28.5 Å². The molecule has 0 saturated carbocycles. The van der Waals surface area contributed by atoms with Gasteiger partial charge in [0.2, 0.25) is 5.91 Å². The normalized spacial score (nSPS) is 10.5. The van der Waals surface area contributed by atoms with E-state index in [1.807, 2.05) is 58.1 Å². The lowest BCUT2D eigenvalue weighted by atomic mass is 10.2. The minimum absolute atomic E-state index is 0.106. The fraction of sp³-hybridized carbons (Fsp3) is 0.130. The van der Waals surface area contributed by atoms with Gasteiger partial charge < -0.3 is 10.2 Å². The summed E-state index contributed by atoms with van der Waals surface area (Å²) in [5.74, 6) is 3.24. The highest BCUT2D eigenvalue weighted by Crippen LogP contribution is 2.21. The molecular weight excluding hydrogens is 412 g/mol. The predicted octanol–water partition coefficient (Wildman–Crippen LogP) is 4.68. The van der Waals surface area contributed by atoms with Crippen molar-refractivity contribution < 1.29 is 4.79 Å². The van der Waals surface area contributed by atoms with Crippen LogP contribution in [-0.4, -0.2) is 22.2 Å². The first-order valence-electron chi connectivity index (χ1n) is 9.39. The predicted molar refractivity (Wildman–Crippen MR) is 124 cm³/mol. The molecule has 3 heterocycles. The second-order valence-electron chi connectivity index (χ2n) is 6.63. The molecule has 1 aromatic carbocycles. The highest BCUT2D eigenvalue weighted by atomic mass is 32.1. The highest BCUT2D eigenvalue weighted by Gasteiger charge is 2.15. The first-order chi connectivity index (χ1) is 14.7. The van der Waals surface area contributed by atoms with Crippen LogP contribution in [0.2, 0.25) is 0 Å². The quantitative estimate of drug-likeness (QED) is 0.411. The molecule has 0 aliphatic carbocycles. The molecule has 0 radical (unpaired) electrons. The van der Waals surface area contributed by atoms with Gasteiger partial charge in [-0.3, -0.25) is 4.79 Å². The van der Waals surface area contributed by atoms with Gasteiger partial charge in [0, 0.05) is 27.1 Å². The highest BCUT2D eigenvalue weighted by molar-refractivity contribution is 7.10. The molecule has 4 aromatic rings. The maximum absolute atomic E-state index is 12.9. The van der Waals surface area contributed by atoms with Crippen LogP contribution in [0, 0.1) is 12.3 Å². The summed E-state index contributed by atoms with van der Waals surface area (Å²) in [5, 5.41) is 11.4. The van der Waals surface area contributed by atoms with E-state index in [-0.39, 0.29) is 12.5 Å². The van der Waals surface area contributed by atoms with Crippen LogP contribution >= 0.6 is 22.7 Å². The van der Waals surface area contributed by atoms with Crippen molar-refractivity contribution in [3.05, 3.63) is 86.9 Å². The first-order valence-corrected chi connectivity index (χ1v) is 11.2. The molecular formula is C23H20N4OS2. The third-order valence-corrected chi connectivity index (χ3v) is 6.23. The number of anilines is 2. The number of benzene rings is 1. The Morgan fingerprint density at radius 1 is 1.10 bits per heavy atom. The molecule has 0 spiro atoms. The number of terminal acetylenes is 1. The van der Waals surface area contributed by atoms with Crippen LogP contribution in [0.3, 0.4) is 0 Å². The molecule has 4 rings (SSSR count). The molecule has 3 aromatic heterocycles. The van der Waals surface area contributed by atoms with Gasteiger partial charge in [-0.25, -0.2) is 4.68 Å². The van der Waals surface area contributed by atoms with Crippen molar-refractivity contribution in [3.63, 3.8) is 0 Å². The van der Waals surface area contributed by atoms with E-state index in [0.29, 0.717) is 18.9 Å². The van der Waals surface area contributed by atoms with E-state index < -0.39 is 0 Å². The van der Waals surface area contributed by atoms with Crippen LogP contribution in [0.15, 0.2) is 71.6 Å². The zero-order chi connectivity index (χ0) is 20.8. The van der Waals surface area contributed by atoms with Crippen molar-refractivity contribution in [1.29, 1.82) is 0 Å². The molecule has 5 nitrogen and oxygen atoms in total. The van der Waals surface area contributed by atoms with E-state index in [1.165, 1.54) is 9.75 Å². The summed E-state index contributed by atoms with van der Waals surface area (Å²) >= 11 is 3.33. The second-order valence-corrected chi connectivity index (χ2v) is 8.70. The molecule has 0 saturated heterocycles. The van der Waals surface area contributed by atoms with Gasteiger partial charge in [0.15, 0.2) is 0 Å². The molecule has 1 N–H and O–H groups in total. The Balaban J connectivity index is 1.49. The number of thiophene rings is 2. The maximum Gasteiger partial charge on any atom is 0.245 e. The molecule has 150 valence electrons. The summed E-state index contributed by atoms with van der Waals surface area (Å²) in [6.07, 6.45) is 7.26. The monoisotopic (exact) mass is 432 g/mol. The third-order valence-electron chi connectivity index (χ3n) is 4.51. The molecule has 0 unspecified atom stereocenters.